The Hall–Kier alpha value is -2.83. The maximum absolute atomic E-state index is 13.4. The number of hydrogen-bond acceptors (Lipinski definition) is 3. The van der Waals surface area contributed by atoms with Gasteiger partial charge in [-0.15, -0.1) is 0 Å². The van der Waals surface area contributed by atoms with Crippen molar-refractivity contribution in [1.82, 2.24) is 14.9 Å². The minimum atomic E-state index is -0.482. The molecule has 0 fully saturated rings. The van der Waals surface area contributed by atoms with E-state index in [9.17, 15) is 4.79 Å². The lowest BCUT2D eigenvalue weighted by Gasteiger charge is -2.28. The smallest absolute Gasteiger partial charge is 0.255 e. The zero-order valence-electron chi connectivity index (χ0n) is 16.0. The number of carbonyl (C=O) groups excluding carboxylic acids is 1. The Balaban J connectivity index is 1.70. The predicted octanol–water partition coefficient (Wildman–Crippen LogP) is 5.73. The number of methoxy groups -OCH3 is 1. The molecule has 0 saturated carbocycles. The van der Waals surface area contributed by atoms with E-state index in [0.717, 1.165) is 26.6 Å². The molecule has 150 valence electrons. The molecule has 1 aliphatic heterocycles. The summed E-state index contributed by atoms with van der Waals surface area (Å²) >= 11 is 9.81. The van der Waals surface area contributed by atoms with Crippen LogP contribution in [0.2, 0.25) is 5.02 Å². The lowest BCUT2D eigenvalue weighted by atomic mass is 10.0. The number of para-hydroxylation sites is 2. The number of aromatic nitrogens is 2. The first kappa shape index (κ1) is 19.2. The van der Waals surface area contributed by atoms with Gasteiger partial charge in [0.1, 0.15) is 17.6 Å². The maximum atomic E-state index is 13.4. The van der Waals surface area contributed by atoms with Gasteiger partial charge in [0.15, 0.2) is 0 Å². The fraction of sp³-hybridized carbons (Fsp3) is 0.130. The number of amides is 1. The van der Waals surface area contributed by atoms with E-state index in [1.54, 1.807) is 13.2 Å². The monoisotopic (exact) mass is 481 g/mol. The summed E-state index contributed by atoms with van der Waals surface area (Å²) in [4.78, 5) is 23.4. The van der Waals surface area contributed by atoms with E-state index in [-0.39, 0.29) is 5.91 Å². The van der Waals surface area contributed by atoms with Crippen molar-refractivity contribution < 1.29 is 9.53 Å². The van der Waals surface area contributed by atoms with Crippen LogP contribution in [0.25, 0.3) is 11.0 Å². The quantitative estimate of drug-likeness (QED) is 0.404. The molecule has 4 aromatic rings. The largest absolute Gasteiger partial charge is 0.496 e. The SMILES string of the molecule is COc1ccc(Cl)cc1C(c1nc2ccccc2[nH]1)N1Cc2ccc(Br)cc2C1=O. The fourth-order valence-corrected chi connectivity index (χ4v) is 4.53. The van der Waals surface area contributed by atoms with Crippen molar-refractivity contribution in [3.63, 3.8) is 0 Å². The number of ether oxygens (including phenoxy) is 1. The van der Waals surface area contributed by atoms with Gasteiger partial charge in [0.2, 0.25) is 0 Å². The number of H-pyrrole nitrogens is 1. The number of benzene rings is 3. The van der Waals surface area contributed by atoms with Crippen LogP contribution in [-0.4, -0.2) is 27.9 Å². The van der Waals surface area contributed by atoms with Gasteiger partial charge in [-0.1, -0.05) is 45.7 Å². The van der Waals surface area contributed by atoms with Crippen LogP contribution in [0.15, 0.2) is 65.1 Å². The van der Waals surface area contributed by atoms with Crippen LogP contribution >= 0.6 is 27.5 Å². The van der Waals surface area contributed by atoms with Crippen LogP contribution in [0.1, 0.15) is 33.4 Å². The third kappa shape index (κ3) is 3.16. The topological polar surface area (TPSA) is 58.2 Å². The van der Waals surface area contributed by atoms with Crippen molar-refractivity contribution in [2.75, 3.05) is 7.11 Å². The zero-order valence-corrected chi connectivity index (χ0v) is 18.4. The Morgan fingerprint density at radius 1 is 1.17 bits per heavy atom. The third-order valence-electron chi connectivity index (χ3n) is 5.37. The second-order valence-corrected chi connectivity index (χ2v) is 8.51. The molecular weight excluding hydrogens is 466 g/mol. The Kier molecular flexibility index (Phi) is 4.76. The highest BCUT2D eigenvalue weighted by Crippen LogP contribution is 2.40. The molecule has 0 spiro atoms. The molecule has 0 aliphatic carbocycles. The number of imidazole rings is 1. The van der Waals surface area contributed by atoms with E-state index >= 15 is 0 Å². The second kappa shape index (κ2) is 7.45. The van der Waals surface area contributed by atoms with Crippen LogP contribution < -0.4 is 4.74 Å². The van der Waals surface area contributed by atoms with Crippen LogP contribution in [0.5, 0.6) is 5.75 Å². The molecule has 1 N–H and O–H groups in total. The summed E-state index contributed by atoms with van der Waals surface area (Å²) in [6.07, 6.45) is 0. The van der Waals surface area contributed by atoms with Crippen molar-refractivity contribution in [2.45, 2.75) is 12.6 Å². The van der Waals surface area contributed by atoms with E-state index in [4.69, 9.17) is 21.3 Å². The number of halogens is 2. The van der Waals surface area contributed by atoms with E-state index in [1.165, 1.54) is 0 Å². The van der Waals surface area contributed by atoms with Gasteiger partial charge in [-0.2, -0.15) is 0 Å². The number of carbonyl (C=O) groups is 1. The molecule has 7 heteroatoms. The molecule has 1 aromatic heterocycles. The van der Waals surface area contributed by atoms with Crippen molar-refractivity contribution in [3.8, 4) is 5.75 Å². The van der Waals surface area contributed by atoms with Gasteiger partial charge in [0, 0.05) is 27.2 Å². The number of rotatable bonds is 4. The molecule has 0 saturated heterocycles. The van der Waals surface area contributed by atoms with E-state index in [0.29, 0.717) is 28.7 Å². The Bertz CT molecular complexity index is 1250. The summed E-state index contributed by atoms with van der Waals surface area (Å²) in [5, 5.41) is 0.568. The lowest BCUT2D eigenvalue weighted by Crippen LogP contribution is -2.31. The summed E-state index contributed by atoms with van der Waals surface area (Å²) in [5.74, 6) is 1.26. The van der Waals surface area contributed by atoms with Gasteiger partial charge in [-0.3, -0.25) is 4.79 Å². The average molecular weight is 483 g/mol. The van der Waals surface area contributed by atoms with Gasteiger partial charge in [0.05, 0.1) is 18.1 Å². The molecule has 1 amide bonds. The summed E-state index contributed by atoms with van der Waals surface area (Å²) in [7, 11) is 1.61. The first-order chi connectivity index (χ1) is 14.5. The van der Waals surface area contributed by atoms with Gasteiger partial charge >= 0.3 is 0 Å². The van der Waals surface area contributed by atoms with Crippen LogP contribution in [0.4, 0.5) is 0 Å². The Morgan fingerprint density at radius 2 is 2.00 bits per heavy atom. The van der Waals surface area contributed by atoms with Crippen LogP contribution in [0.3, 0.4) is 0 Å². The number of nitrogens with one attached hydrogen (secondary N) is 1. The number of aromatic amines is 1. The van der Waals surface area contributed by atoms with E-state index in [2.05, 4.69) is 20.9 Å². The van der Waals surface area contributed by atoms with Gasteiger partial charge in [0.25, 0.3) is 5.91 Å². The molecule has 0 bridgehead atoms. The van der Waals surface area contributed by atoms with Crippen LogP contribution in [-0.2, 0) is 6.54 Å². The van der Waals surface area contributed by atoms with Crippen molar-refractivity contribution >= 4 is 44.5 Å². The molecule has 0 radical (unpaired) electrons. The van der Waals surface area contributed by atoms with Crippen molar-refractivity contribution in [1.29, 1.82) is 0 Å². The minimum Gasteiger partial charge on any atom is -0.496 e. The summed E-state index contributed by atoms with van der Waals surface area (Å²) < 4.78 is 6.49. The summed E-state index contributed by atoms with van der Waals surface area (Å²) in [6, 6.07) is 18.5. The van der Waals surface area contributed by atoms with Gasteiger partial charge in [-0.05, 0) is 48.0 Å². The molecule has 1 atom stereocenters. The fourth-order valence-electron chi connectivity index (χ4n) is 3.99. The molecular formula is C23H17BrClN3O2. The number of fused-ring (bicyclic) bond motifs is 2. The Labute approximate surface area is 186 Å². The maximum Gasteiger partial charge on any atom is 0.255 e. The van der Waals surface area contributed by atoms with Gasteiger partial charge in [-0.25, -0.2) is 4.98 Å². The molecule has 1 aliphatic rings. The molecule has 30 heavy (non-hydrogen) atoms. The molecule has 1 unspecified atom stereocenters. The standard InChI is InChI=1S/C23H17BrClN3O2/c1-30-20-9-8-15(25)11-17(20)21(22-26-18-4-2-3-5-19(18)27-22)28-12-13-6-7-14(24)10-16(13)23(28)29/h2-11,21H,12H2,1H3,(H,26,27). The van der Waals surface area contributed by atoms with Gasteiger partial charge < -0.3 is 14.6 Å². The Morgan fingerprint density at radius 3 is 2.80 bits per heavy atom. The molecule has 5 nitrogen and oxygen atoms in total. The highest BCUT2D eigenvalue weighted by Gasteiger charge is 2.37. The number of nitrogens with zero attached hydrogens (tertiary/aromatic N) is 2. The first-order valence-electron chi connectivity index (χ1n) is 9.42. The van der Waals surface area contributed by atoms with Crippen molar-refractivity contribution in [2.24, 2.45) is 0 Å². The molecule has 3 aromatic carbocycles. The molecule has 2 heterocycles. The van der Waals surface area contributed by atoms with E-state index in [1.807, 2.05) is 59.5 Å². The average Bonchev–Trinajstić information content (AvgIpc) is 3.30. The van der Waals surface area contributed by atoms with E-state index < -0.39 is 6.04 Å². The molecule has 5 rings (SSSR count). The highest BCUT2D eigenvalue weighted by atomic mass is 79.9. The third-order valence-corrected chi connectivity index (χ3v) is 6.10. The summed E-state index contributed by atoms with van der Waals surface area (Å²) in [5.41, 5.74) is 4.19. The van der Waals surface area contributed by atoms with Crippen molar-refractivity contribution in [3.05, 3.63) is 92.7 Å². The normalized spacial score (nSPS) is 14.2. The predicted molar refractivity (Wildman–Crippen MR) is 120 cm³/mol. The summed E-state index contributed by atoms with van der Waals surface area (Å²) in [6.45, 7) is 0.471. The minimum absolute atomic E-state index is 0.0567. The highest BCUT2D eigenvalue weighted by molar-refractivity contribution is 9.10. The zero-order chi connectivity index (χ0) is 20.8. The number of hydrogen-bond donors (Lipinski definition) is 1. The lowest BCUT2D eigenvalue weighted by molar-refractivity contribution is 0.0723. The first-order valence-corrected chi connectivity index (χ1v) is 10.6. The van der Waals surface area contributed by atoms with Crippen LogP contribution in [0, 0.1) is 0 Å². The second-order valence-electron chi connectivity index (χ2n) is 7.16.